The molecule has 3 rings (SSSR count). The molecule has 0 unspecified atom stereocenters. The summed E-state index contributed by atoms with van der Waals surface area (Å²) in [6, 6.07) is 12.3. The summed E-state index contributed by atoms with van der Waals surface area (Å²) >= 11 is 0. The lowest BCUT2D eigenvalue weighted by Crippen LogP contribution is -2.02. The highest BCUT2D eigenvalue weighted by Gasteiger charge is 2.07. The normalized spacial score (nSPS) is 11.3. The van der Waals surface area contributed by atoms with E-state index in [-0.39, 0.29) is 11.6 Å². The van der Waals surface area contributed by atoms with Crippen molar-refractivity contribution in [3.05, 3.63) is 65.6 Å². The Balaban J connectivity index is 1.59. The number of nitrogens with zero attached hydrogens (tertiary/aromatic N) is 1. The van der Waals surface area contributed by atoms with Gasteiger partial charge in [-0.1, -0.05) is 12.1 Å². The fourth-order valence-corrected chi connectivity index (χ4v) is 3.32. The van der Waals surface area contributed by atoms with Crippen LogP contribution in [0, 0.1) is 12.7 Å². The number of ether oxygens (including phenoxy) is 2. The first-order valence-electron chi connectivity index (χ1n) is 9.20. The molecule has 0 N–H and O–H groups in total. The Hall–Kier alpha value is -3.08. The number of rotatable bonds is 8. The van der Waals surface area contributed by atoms with Gasteiger partial charge in [0.05, 0.1) is 14.2 Å². The van der Waals surface area contributed by atoms with E-state index in [1.807, 2.05) is 31.2 Å². The van der Waals surface area contributed by atoms with Crippen molar-refractivity contribution >= 4 is 22.8 Å². The fourth-order valence-electron chi connectivity index (χ4n) is 3.32. The molecule has 0 saturated carbocycles. The maximum absolute atomic E-state index is 13.4. The second-order valence-electron chi connectivity index (χ2n) is 6.66. The van der Waals surface area contributed by atoms with Crippen LogP contribution in [-0.2, 0) is 11.3 Å². The molecule has 2 aromatic carbocycles. The largest absolute Gasteiger partial charge is 0.493 e. The van der Waals surface area contributed by atoms with Crippen LogP contribution in [0.25, 0.3) is 17.0 Å². The Labute approximate surface area is 164 Å². The third-order valence-corrected chi connectivity index (χ3v) is 4.74. The standard InChI is InChI=1S/C23H24FNO3/c1-16-13-18-15-19(24)8-10-21(18)25(16)12-4-5-20(26)9-6-17-7-11-22(27-2)23(14-17)28-3/h6-11,13-15H,4-5,12H2,1-3H3/b9-6+. The van der Waals surface area contributed by atoms with Crippen LogP contribution in [0.3, 0.4) is 0 Å². The zero-order valence-electron chi connectivity index (χ0n) is 16.4. The molecule has 0 aliphatic carbocycles. The maximum atomic E-state index is 13.4. The van der Waals surface area contributed by atoms with Gasteiger partial charge in [-0.15, -0.1) is 0 Å². The van der Waals surface area contributed by atoms with Gasteiger partial charge in [0.25, 0.3) is 0 Å². The second kappa shape index (κ2) is 8.74. The minimum atomic E-state index is -0.236. The quantitative estimate of drug-likeness (QED) is 0.506. The minimum Gasteiger partial charge on any atom is -0.493 e. The van der Waals surface area contributed by atoms with Crippen molar-refractivity contribution in [3.8, 4) is 11.5 Å². The SMILES string of the molecule is COc1ccc(/C=C/C(=O)CCCn2c(C)cc3cc(F)ccc32)cc1OC. The average Bonchev–Trinajstić information content (AvgIpc) is 3.00. The van der Waals surface area contributed by atoms with E-state index in [0.29, 0.717) is 17.9 Å². The number of carbonyl (C=O) groups excluding carboxylic acids is 1. The van der Waals surface area contributed by atoms with E-state index in [0.717, 1.165) is 35.1 Å². The average molecular weight is 381 g/mol. The molecule has 0 amide bonds. The van der Waals surface area contributed by atoms with Gasteiger partial charge in [-0.05, 0) is 61.4 Å². The predicted molar refractivity (Wildman–Crippen MR) is 109 cm³/mol. The van der Waals surface area contributed by atoms with E-state index in [1.165, 1.54) is 12.1 Å². The lowest BCUT2D eigenvalue weighted by molar-refractivity contribution is -0.114. The molecule has 28 heavy (non-hydrogen) atoms. The smallest absolute Gasteiger partial charge is 0.161 e. The number of carbonyl (C=O) groups is 1. The highest BCUT2D eigenvalue weighted by Crippen LogP contribution is 2.28. The molecule has 1 heterocycles. The van der Waals surface area contributed by atoms with Gasteiger partial charge in [-0.2, -0.15) is 0 Å². The first kappa shape index (κ1) is 19.7. The number of ketones is 1. The van der Waals surface area contributed by atoms with E-state index < -0.39 is 0 Å². The summed E-state index contributed by atoms with van der Waals surface area (Å²) in [4.78, 5) is 12.2. The molecular formula is C23H24FNO3. The van der Waals surface area contributed by atoms with Crippen molar-refractivity contribution < 1.29 is 18.7 Å². The number of allylic oxidation sites excluding steroid dienone is 1. The van der Waals surface area contributed by atoms with Gasteiger partial charge in [-0.3, -0.25) is 4.79 Å². The van der Waals surface area contributed by atoms with Crippen LogP contribution in [0.2, 0.25) is 0 Å². The molecule has 0 aliphatic rings. The summed E-state index contributed by atoms with van der Waals surface area (Å²) in [7, 11) is 3.17. The molecule has 4 nitrogen and oxygen atoms in total. The lowest BCUT2D eigenvalue weighted by Gasteiger charge is -2.08. The molecule has 0 radical (unpaired) electrons. The van der Waals surface area contributed by atoms with Crippen LogP contribution in [-0.4, -0.2) is 24.6 Å². The van der Waals surface area contributed by atoms with Crippen molar-refractivity contribution in [2.45, 2.75) is 26.3 Å². The van der Waals surface area contributed by atoms with Crippen LogP contribution >= 0.6 is 0 Å². The Kier molecular flexibility index (Phi) is 6.14. The summed E-state index contributed by atoms with van der Waals surface area (Å²) in [6.45, 7) is 2.72. The number of methoxy groups -OCH3 is 2. The lowest BCUT2D eigenvalue weighted by atomic mass is 10.1. The molecule has 1 aromatic heterocycles. The molecule has 0 saturated heterocycles. The molecule has 3 aromatic rings. The monoisotopic (exact) mass is 381 g/mol. The number of hydrogen-bond acceptors (Lipinski definition) is 3. The Morgan fingerprint density at radius 3 is 2.61 bits per heavy atom. The zero-order valence-corrected chi connectivity index (χ0v) is 16.4. The predicted octanol–water partition coefficient (Wildman–Crippen LogP) is 5.17. The topological polar surface area (TPSA) is 40.5 Å². The van der Waals surface area contributed by atoms with Crippen molar-refractivity contribution in [3.63, 3.8) is 0 Å². The van der Waals surface area contributed by atoms with E-state index in [2.05, 4.69) is 4.57 Å². The van der Waals surface area contributed by atoms with Gasteiger partial charge in [-0.25, -0.2) is 4.39 Å². The van der Waals surface area contributed by atoms with Crippen LogP contribution in [0.5, 0.6) is 11.5 Å². The van der Waals surface area contributed by atoms with Crippen molar-refractivity contribution in [2.24, 2.45) is 0 Å². The molecule has 0 aliphatic heterocycles. The Bertz CT molecular complexity index is 1020. The number of hydrogen-bond donors (Lipinski definition) is 0. The van der Waals surface area contributed by atoms with Gasteiger partial charge < -0.3 is 14.0 Å². The Morgan fingerprint density at radius 1 is 1.07 bits per heavy atom. The van der Waals surface area contributed by atoms with Crippen LogP contribution in [0.1, 0.15) is 24.1 Å². The van der Waals surface area contributed by atoms with E-state index in [1.54, 1.807) is 32.4 Å². The summed E-state index contributed by atoms with van der Waals surface area (Å²) in [5.41, 5.74) is 2.93. The number of fused-ring (bicyclic) bond motifs is 1. The number of halogens is 1. The molecule has 5 heteroatoms. The summed E-state index contributed by atoms with van der Waals surface area (Å²) < 4.78 is 26.0. The van der Waals surface area contributed by atoms with Gasteiger partial charge in [0.2, 0.25) is 0 Å². The van der Waals surface area contributed by atoms with Gasteiger partial charge in [0, 0.05) is 29.6 Å². The summed E-state index contributed by atoms with van der Waals surface area (Å²) in [6.07, 6.45) is 4.54. The highest BCUT2D eigenvalue weighted by molar-refractivity contribution is 5.93. The molecule has 0 atom stereocenters. The molecule has 0 bridgehead atoms. The Morgan fingerprint density at radius 2 is 1.86 bits per heavy atom. The summed E-state index contributed by atoms with van der Waals surface area (Å²) in [5, 5.41) is 0.886. The van der Waals surface area contributed by atoms with Gasteiger partial charge in [0.15, 0.2) is 17.3 Å². The molecule has 0 fully saturated rings. The summed E-state index contributed by atoms with van der Waals surface area (Å²) in [5.74, 6) is 1.11. The van der Waals surface area contributed by atoms with Gasteiger partial charge in [0.1, 0.15) is 5.82 Å². The van der Waals surface area contributed by atoms with Gasteiger partial charge >= 0.3 is 0 Å². The first-order chi connectivity index (χ1) is 13.5. The van der Waals surface area contributed by atoms with E-state index in [4.69, 9.17) is 9.47 Å². The first-order valence-corrected chi connectivity index (χ1v) is 9.20. The van der Waals surface area contributed by atoms with Crippen molar-refractivity contribution in [2.75, 3.05) is 14.2 Å². The third kappa shape index (κ3) is 4.42. The number of aromatic nitrogens is 1. The van der Waals surface area contributed by atoms with E-state index >= 15 is 0 Å². The molecule has 146 valence electrons. The maximum Gasteiger partial charge on any atom is 0.161 e. The van der Waals surface area contributed by atoms with Crippen molar-refractivity contribution in [1.82, 2.24) is 4.57 Å². The van der Waals surface area contributed by atoms with Crippen LogP contribution < -0.4 is 9.47 Å². The highest BCUT2D eigenvalue weighted by atomic mass is 19.1. The molecule has 0 spiro atoms. The number of aryl methyl sites for hydroxylation is 2. The number of benzene rings is 2. The van der Waals surface area contributed by atoms with Crippen molar-refractivity contribution in [1.29, 1.82) is 0 Å². The minimum absolute atomic E-state index is 0.0648. The zero-order chi connectivity index (χ0) is 20.1. The second-order valence-corrected chi connectivity index (χ2v) is 6.66. The molecular weight excluding hydrogens is 357 g/mol. The van der Waals surface area contributed by atoms with Crippen LogP contribution in [0.15, 0.2) is 48.5 Å². The fraction of sp³-hybridized carbons (Fsp3) is 0.261. The third-order valence-electron chi connectivity index (χ3n) is 4.74. The van der Waals surface area contributed by atoms with E-state index in [9.17, 15) is 9.18 Å². The van der Waals surface area contributed by atoms with Crippen LogP contribution in [0.4, 0.5) is 4.39 Å².